The molecule has 7 heteroatoms. The van der Waals surface area contributed by atoms with Crippen LogP contribution in [-0.2, 0) is 12.7 Å². The van der Waals surface area contributed by atoms with Crippen LogP contribution in [-0.4, -0.2) is 14.7 Å². The molecule has 0 saturated carbocycles. The van der Waals surface area contributed by atoms with Crippen molar-refractivity contribution in [2.24, 2.45) is 0 Å². The lowest BCUT2D eigenvalue weighted by atomic mass is 10.0. The maximum absolute atomic E-state index is 13.9. The van der Waals surface area contributed by atoms with Gasteiger partial charge < -0.3 is 9.67 Å². The first-order valence-corrected chi connectivity index (χ1v) is 5.91. The Morgan fingerprint density at radius 2 is 2.05 bits per heavy atom. The number of aromatic nitrogens is 2. The first-order valence-electron chi connectivity index (χ1n) is 5.91. The molecule has 2 rings (SSSR count). The minimum absolute atomic E-state index is 0.103. The zero-order valence-electron chi connectivity index (χ0n) is 10.5. The average molecular weight is 288 g/mol. The zero-order valence-corrected chi connectivity index (χ0v) is 10.5. The van der Waals surface area contributed by atoms with E-state index in [0.29, 0.717) is 12.6 Å². The maximum atomic E-state index is 13.9. The standard InChI is InChI=1S/C13H12F4N2O/c1-2-19-7-6-18-12(19)11(20)8-4-3-5-9(10(8)14)13(15,16)17/h3-7,11,20H,2H2,1H3. The molecule has 1 unspecified atom stereocenters. The number of aliphatic hydroxyl groups is 1. The number of rotatable bonds is 3. The Balaban J connectivity index is 2.48. The highest BCUT2D eigenvalue weighted by Gasteiger charge is 2.36. The highest BCUT2D eigenvalue weighted by Crippen LogP contribution is 2.34. The van der Waals surface area contributed by atoms with Crippen molar-refractivity contribution in [1.82, 2.24) is 9.55 Å². The van der Waals surface area contributed by atoms with Gasteiger partial charge in [0.15, 0.2) is 0 Å². The van der Waals surface area contributed by atoms with E-state index in [4.69, 9.17) is 0 Å². The Labute approximate surface area is 112 Å². The molecular formula is C13H12F4N2O. The monoisotopic (exact) mass is 288 g/mol. The summed E-state index contributed by atoms with van der Waals surface area (Å²) < 4.78 is 53.4. The lowest BCUT2D eigenvalue weighted by molar-refractivity contribution is -0.140. The van der Waals surface area contributed by atoms with Crippen molar-refractivity contribution < 1.29 is 22.7 Å². The van der Waals surface area contributed by atoms with Gasteiger partial charge in [-0.1, -0.05) is 12.1 Å². The Morgan fingerprint density at radius 3 is 2.65 bits per heavy atom. The molecule has 1 aromatic carbocycles. The summed E-state index contributed by atoms with van der Waals surface area (Å²) in [6.07, 6.45) is -3.40. The molecule has 1 heterocycles. The molecule has 0 aliphatic rings. The number of aryl methyl sites for hydroxylation is 1. The molecule has 2 aromatic rings. The van der Waals surface area contributed by atoms with Crippen LogP contribution in [0.15, 0.2) is 30.6 Å². The molecule has 0 fully saturated rings. The smallest absolute Gasteiger partial charge is 0.380 e. The Kier molecular flexibility index (Phi) is 3.80. The summed E-state index contributed by atoms with van der Waals surface area (Å²) in [6, 6.07) is 2.81. The summed E-state index contributed by atoms with van der Waals surface area (Å²) in [7, 11) is 0. The Bertz CT molecular complexity index is 607. The molecule has 0 saturated heterocycles. The molecule has 0 spiro atoms. The van der Waals surface area contributed by atoms with Gasteiger partial charge in [0.2, 0.25) is 0 Å². The molecule has 1 atom stereocenters. The van der Waals surface area contributed by atoms with Crippen molar-refractivity contribution in [2.75, 3.05) is 0 Å². The summed E-state index contributed by atoms with van der Waals surface area (Å²) in [5.74, 6) is -1.37. The number of imidazole rings is 1. The van der Waals surface area contributed by atoms with Gasteiger partial charge in [0.25, 0.3) is 0 Å². The molecule has 3 nitrogen and oxygen atoms in total. The number of aliphatic hydroxyl groups excluding tert-OH is 1. The van der Waals surface area contributed by atoms with Crippen LogP contribution < -0.4 is 0 Å². The summed E-state index contributed by atoms with van der Waals surface area (Å²) in [5.41, 5.74) is -1.84. The van der Waals surface area contributed by atoms with Crippen molar-refractivity contribution in [1.29, 1.82) is 0 Å². The number of alkyl halides is 3. The fraction of sp³-hybridized carbons (Fsp3) is 0.308. The molecule has 108 valence electrons. The van der Waals surface area contributed by atoms with Crippen molar-refractivity contribution in [3.05, 3.63) is 53.4 Å². The van der Waals surface area contributed by atoms with Crippen LogP contribution in [0, 0.1) is 5.82 Å². The summed E-state index contributed by atoms with van der Waals surface area (Å²) in [5, 5.41) is 10.1. The predicted octanol–water partition coefficient (Wildman–Crippen LogP) is 3.14. The van der Waals surface area contributed by atoms with Crippen LogP contribution in [0.3, 0.4) is 0 Å². The minimum atomic E-state index is -4.81. The minimum Gasteiger partial charge on any atom is -0.380 e. The van der Waals surface area contributed by atoms with Crippen LogP contribution in [0.1, 0.15) is 30.0 Å². The third kappa shape index (κ3) is 2.53. The van der Waals surface area contributed by atoms with E-state index in [0.717, 1.165) is 12.1 Å². The summed E-state index contributed by atoms with van der Waals surface area (Å²) in [6.45, 7) is 2.24. The van der Waals surface area contributed by atoms with Crippen molar-refractivity contribution >= 4 is 0 Å². The molecule has 0 aliphatic heterocycles. The highest BCUT2D eigenvalue weighted by atomic mass is 19.4. The number of hydrogen-bond donors (Lipinski definition) is 1. The van der Waals surface area contributed by atoms with Gasteiger partial charge in [-0.05, 0) is 13.0 Å². The van der Waals surface area contributed by atoms with Gasteiger partial charge in [-0.3, -0.25) is 0 Å². The SMILES string of the molecule is CCn1ccnc1C(O)c1cccc(C(F)(F)F)c1F. The molecule has 1 N–H and O–H groups in total. The van der Waals surface area contributed by atoms with Crippen molar-refractivity contribution in [3.63, 3.8) is 0 Å². The molecule has 20 heavy (non-hydrogen) atoms. The van der Waals surface area contributed by atoms with Gasteiger partial charge >= 0.3 is 6.18 Å². The van der Waals surface area contributed by atoms with E-state index in [1.807, 2.05) is 0 Å². The van der Waals surface area contributed by atoms with Gasteiger partial charge in [-0.2, -0.15) is 13.2 Å². The van der Waals surface area contributed by atoms with E-state index in [9.17, 15) is 22.7 Å². The lowest BCUT2D eigenvalue weighted by Gasteiger charge is -2.16. The number of benzene rings is 1. The first kappa shape index (κ1) is 14.5. The second kappa shape index (κ2) is 5.24. The van der Waals surface area contributed by atoms with Crippen molar-refractivity contribution in [2.45, 2.75) is 25.7 Å². The Hall–Kier alpha value is -1.89. The van der Waals surface area contributed by atoms with Gasteiger partial charge in [-0.15, -0.1) is 0 Å². The molecule has 0 aliphatic carbocycles. The van der Waals surface area contributed by atoms with Gasteiger partial charge in [0, 0.05) is 24.5 Å². The first-order chi connectivity index (χ1) is 9.36. The van der Waals surface area contributed by atoms with Crippen LogP contribution in [0.4, 0.5) is 17.6 Å². The highest BCUT2D eigenvalue weighted by molar-refractivity contribution is 5.32. The van der Waals surface area contributed by atoms with Crippen LogP contribution in [0.25, 0.3) is 0 Å². The van der Waals surface area contributed by atoms with Gasteiger partial charge in [0.1, 0.15) is 17.7 Å². The normalized spacial score (nSPS) is 13.5. The maximum Gasteiger partial charge on any atom is 0.419 e. The fourth-order valence-electron chi connectivity index (χ4n) is 1.95. The molecule has 0 radical (unpaired) electrons. The number of halogens is 4. The van der Waals surface area contributed by atoms with E-state index < -0.39 is 29.2 Å². The topological polar surface area (TPSA) is 38.0 Å². The third-order valence-corrected chi connectivity index (χ3v) is 2.96. The van der Waals surface area contributed by atoms with Gasteiger partial charge in [-0.25, -0.2) is 9.37 Å². The molecule has 1 aromatic heterocycles. The van der Waals surface area contributed by atoms with E-state index in [1.165, 1.54) is 10.8 Å². The van der Waals surface area contributed by atoms with E-state index in [2.05, 4.69) is 4.98 Å². The largest absolute Gasteiger partial charge is 0.419 e. The zero-order chi connectivity index (χ0) is 14.9. The average Bonchev–Trinajstić information content (AvgIpc) is 2.85. The second-order valence-electron chi connectivity index (χ2n) is 4.18. The molecule has 0 amide bonds. The lowest BCUT2D eigenvalue weighted by Crippen LogP contribution is -2.14. The molecule has 0 bridgehead atoms. The van der Waals surface area contributed by atoms with E-state index >= 15 is 0 Å². The van der Waals surface area contributed by atoms with Crippen LogP contribution in [0.5, 0.6) is 0 Å². The van der Waals surface area contributed by atoms with E-state index in [1.54, 1.807) is 13.1 Å². The Morgan fingerprint density at radius 1 is 1.35 bits per heavy atom. The quantitative estimate of drug-likeness (QED) is 0.881. The number of hydrogen-bond acceptors (Lipinski definition) is 2. The third-order valence-electron chi connectivity index (χ3n) is 2.96. The summed E-state index contributed by atoms with van der Waals surface area (Å²) >= 11 is 0. The predicted molar refractivity (Wildman–Crippen MR) is 63.4 cm³/mol. The van der Waals surface area contributed by atoms with Gasteiger partial charge in [0.05, 0.1) is 5.56 Å². The van der Waals surface area contributed by atoms with Crippen LogP contribution in [0.2, 0.25) is 0 Å². The second-order valence-corrected chi connectivity index (χ2v) is 4.18. The van der Waals surface area contributed by atoms with Crippen molar-refractivity contribution in [3.8, 4) is 0 Å². The van der Waals surface area contributed by atoms with Crippen LogP contribution >= 0.6 is 0 Å². The summed E-state index contributed by atoms with van der Waals surface area (Å²) in [4.78, 5) is 3.86. The fourth-order valence-corrected chi connectivity index (χ4v) is 1.95. The number of nitrogens with zero attached hydrogens (tertiary/aromatic N) is 2. The van der Waals surface area contributed by atoms with E-state index in [-0.39, 0.29) is 5.82 Å². The molecular weight excluding hydrogens is 276 g/mol.